The monoisotopic (exact) mass is 356 g/mol. The Labute approximate surface area is 148 Å². The minimum Gasteiger partial charge on any atom is -0.497 e. The van der Waals surface area contributed by atoms with Crippen molar-refractivity contribution < 1.29 is 24.1 Å². The van der Waals surface area contributed by atoms with Crippen LogP contribution in [0.3, 0.4) is 0 Å². The normalized spacial score (nSPS) is 10.4. The summed E-state index contributed by atoms with van der Waals surface area (Å²) in [6, 6.07) is 5.46. The Morgan fingerprint density at radius 1 is 1.04 bits per heavy atom. The van der Waals surface area contributed by atoms with Crippen molar-refractivity contribution >= 4 is 5.97 Å². The van der Waals surface area contributed by atoms with Gasteiger partial charge in [-0.05, 0) is 17.7 Å². The lowest BCUT2D eigenvalue weighted by Crippen LogP contribution is -2.03. The van der Waals surface area contributed by atoms with Gasteiger partial charge in [-0.1, -0.05) is 0 Å². The molecule has 134 valence electrons. The summed E-state index contributed by atoms with van der Waals surface area (Å²) in [7, 11) is 3.16. The molecule has 0 saturated heterocycles. The van der Waals surface area contributed by atoms with Crippen LogP contribution >= 0.6 is 0 Å². The van der Waals surface area contributed by atoms with Gasteiger partial charge in [0.25, 0.3) is 5.95 Å². The number of nitrogens with zero attached hydrogens (tertiary/aromatic N) is 4. The molecule has 26 heavy (non-hydrogen) atoms. The summed E-state index contributed by atoms with van der Waals surface area (Å²) < 4.78 is 17.4. The van der Waals surface area contributed by atoms with Gasteiger partial charge in [0.1, 0.15) is 18.1 Å². The van der Waals surface area contributed by atoms with Crippen LogP contribution in [0, 0.1) is 0 Å². The Kier molecular flexibility index (Phi) is 4.97. The van der Waals surface area contributed by atoms with Crippen LogP contribution in [0.15, 0.2) is 43.0 Å². The van der Waals surface area contributed by atoms with E-state index in [0.717, 1.165) is 5.56 Å². The van der Waals surface area contributed by atoms with Crippen molar-refractivity contribution in [1.29, 1.82) is 0 Å². The fraction of sp³-hybridized carbons (Fsp3) is 0.176. The SMILES string of the molecule is COc1cc(COc2cnc(-n3cc(C(=O)O)cn3)nc2)cc(OC)c1. The molecule has 0 saturated carbocycles. The standard InChI is InChI=1S/C17H16N4O5/c1-24-13-3-11(4-14(5-13)25-2)10-26-15-7-18-17(19-8-15)21-9-12(6-20-21)16(22)23/h3-9H,10H2,1-2H3,(H,22,23). The van der Waals surface area contributed by atoms with Crippen molar-refractivity contribution in [3.05, 3.63) is 54.1 Å². The van der Waals surface area contributed by atoms with Gasteiger partial charge in [0, 0.05) is 12.3 Å². The molecule has 0 spiro atoms. The highest BCUT2D eigenvalue weighted by molar-refractivity contribution is 5.86. The van der Waals surface area contributed by atoms with Gasteiger partial charge < -0.3 is 19.3 Å². The van der Waals surface area contributed by atoms with E-state index in [1.807, 2.05) is 12.1 Å². The number of hydrogen-bond acceptors (Lipinski definition) is 7. The van der Waals surface area contributed by atoms with Crippen LogP contribution < -0.4 is 14.2 Å². The van der Waals surface area contributed by atoms with Crippen molar-refractivity contribution in [2.24, 2.45) is 0 Å². The predicted molar refractivity (Wildman–Crippen MR) is 90.0 cm³/mol. The number of aromatic carboxylic acids is 1. The van der Waals surface area contributed by atoms with Crippen molar-refractivity contribution in [1.82, 2.24) is 19.7 Å². The lowest BCUT2D eigenvalue weighted by Gasteiger charge is -2.10. The summed E-state index contributed by atoms with van der Waals surface area (Å²) in [4.78, 5) is 19.1. The van der Waals surface area contributed by atoms with Gasteiger partial charge in [-0.2, -0.15) is 5.10 Å². The maximum Gasteiger partial charge on any atom is 0.338 e. The molecular weight excluding hydrogens is 340 g/mol. The van der Waals surface area contributed by atoms with Crippen LogP contribution in [0.2, 0.25) is 0 Å². The largest absolute Gasteiger partial charge is 0.497 e. The molecule has 2 aromatic heterocycles. The zero-order chi connectivity index (χ0) is 18.5. The number of aromatic nitrogens is 4. The van der Waals surface area contributed by atoms with Crippen molar-refractivity contribution in [2.75, 3.05) is 14.2 Å². The molecule has 1 N–H and O–H groups in total. The minimum atomic E-state index is -1.06. The number of ether oxygens (including phenoxy) is 3. The quantitative estimate of drug-likeness (QED) is 0.684. The molecule has 0 aliphatic heterocycles. The van der Waals surface area contributed by atoms with E-state index in [4.69, 9.17) is 19.3 Å². The molecule has 3 aromatic rings. The predicted octanol–water partition coefficient (Wildman–Crippen LogP) is 1.96. The molecule has 0 aliphatic rings. The first-order chi connectivity index (χ1) is 12.6. The van der Waals surface area contributed by atoms with Crippen molar-refractivity contribution in [2.45, 2.75) is 6.61 Å². The smallest absolute Gasteiger partial charge is 0.338 e. The summed E-state index contributed by atoms with van der Waals surface area (Å²) in [5.41, 5.74) is 0.921. The maximum atomic E-state index is 10.9. The molecule has 0 unspecified atom stereocenters. The first kappa shape index (κ1) is 17.2. The number of hydrogen-bond donors (Lipinski definition) is 1. The molecule has 2 heterocycles. The molecule has 0 fully saturated rings. The topological polar surface area (TPSA) is 109 Å². The third kappa shape index (κ3) is 3.89. The Morgan fingerprint density at radius 3 is 2.23 bits per heavy atom. The highest BCUT2D eigenvalue weighted by atomic mass is 16.5. The summed E-state index contributed by atoms with van der Waals surface area (Å²) in [5.74, 6) is 0.976. The Balaban J connectivity index is 1.68. The van der Waals surface area contributed by atoms with E-state index >= 15 is 0 Å². The van der Waals surface area contributed by atoms with E-state index in [2.05, 4.69) is 15.1 Å². The summed E-state index contributed by atoms with van der Waals surface area (Å²) in [6.45, 7) is 0.279. The van der Waals surface area contributed by atoms with Crippen molar-refractivity contribution in [3.8, 4) is 23.2 Å². The average Bonchev–Trinajstić information content (AvgIpc) is 3.17. The zero-order valence-electron chi connectivity index (χ0n) is 14.1. The second-order valence-corrected chi connectivity index (χ2v) is 5.21. The number of methoxy groups -OCH3 is 2. The third-order valence-corrected chi connectivity index (χ3v) is 3.47. The van der Waals surface area contributed by atoms with E-state index in [0.29, 0.717) is 17.2 Å². The molecule has 0 aliphatic carbocycles. The Hall–Kier alpha value is -3.62. The molecule has 0 radical (unpaired) electrons. The second-order valence-electron chi connectivity index (χ2n) is 5.21. The van der Waals surface area contributed by atoms with Gasteiger partial charge in [0.2, 0.25) is 0 Å². The Morgan fingerprint density at radius 2 is 1.69 bits per heavy atom. The van der Waals surface area contributed by atoms with Crippen LogP contribution in [0.1, 0.15) is 15.9 Å². The van der Waals surface area contributed by atoms with E-state index in [9.17, 15) is 4.79 Å². The van der Waals surface area contributed by atoms with Crippen LogP contribution in [-0.2, 0) is 6.61 Å². The molecule has 3 rings (SSSR count). The molecular formula is C17H16N4O5. The zero-order valence-corrected chi connectivity index (χ0v) is 14.1. The molecule has 1 aromatic carbocycles. The average molecular weight is 356 g/mol. The first-order valence-electron chi connectivity index (χ1n) is 7.54. The van der Waals surface area contributed by atoms with Crippen molar-refractivity contribution in [3.63, 3.8) is 0 Å². The number of carbonyl (C=O) groups is 1. The van der Waals surface area contributed by atoms with E-state index < -0.39 is 5.97 Å². The number of rotatable bonds is 7. The summed E-state index contributed by atoms with van der Waals surface area (Å²) in [5, 5.41) is 12.8. The molecule has 0 amide bonds. The number of carboxylic acid groups (broad SMARTS) is 1. The highest BCUT2D eigenvalue weighted by Gasteiger charge is 2.09. The third-order valence-electron chi connectivity index (χ3n) is 3.47. The lowest BCUT2D eigenvalue weighted by atomic mass is 10.2. The Bertz CT molecular complexity index is 886. The van der Waals surface area contributed by atoms with Gasteiger partial charge in [-0.25, -0.2) is 19.4 Å². The van der Waals surface area contributed by atoms with Gasteiger partial charge in [-0.3, -0.25) is 0 Å². The van der Waals surface area contributed by atoms with E-state index in [1.54, 1.807) is 20.3 Å². The van der Waals surface area contributed by atoms with Gasteiger partial charge in [0.05, 0.1) is 38.4 Å². The number of benzene rings is 1. The maximum absolute atomic E-state index is 10.9. The van der Waals surface area contributed by atoms with Crippen LogP contribution in [-0.4, -0.2) is 45.0 Å². The lowest BCUT2D eigenvalue weighted by molar-refractivity contribution is 0.0697. The van der Waals surface area contributed by atoms with E-state index in [1.165, 1.54) is 29.5 Å². The fourth-order valence-electron chi connectivity index (χ4n) is 2.16. The fourth-order valence-corrected chi connectivity index (χ4v) is 2.16. The van der Waals surface area contributed by atoms with Gasteiger partial charge in [-0.15, -0.1) is 0 Å². The molecule has 9 nitrogen and oxygen atoms in total. The van der Waals surface area contributed by atoms with Crippen LogP contribution in [0.4, 0.5) is 0 Å². The molecule has 0 atom stereocenters. The molecule has 0 bridgehead atoms. The van der Waals surface area contributed by atoms with Gasteiger partial charge in [0.15, 0.2) is 5.75 Å². The van der Waals surface area contributed by atoms with E-state index in [-0.39, 0.29) is 18.1 Å². The van der Waals surface area contributed by atoms with Crippen LogP contribution in [0.25, 0.3) is 5.95 Å². The number of carboxylic acids is 1. The molecule has 9 heteroatoms. The minimum absolute atomic E-state index is 0.0564. The van der Waals surface area contributed by atoms with Gasteiger partial charge >= 0.3 is 5.97 Å². The highest BCUT2D eigenvalue weighted by Crippen LogP contribution is 2.23. The van der Waals surface area contributed by atoms with Crippen LogP contribution in [0.5, 0.6) is 17.2 Å². The first-order valence-corrected chi connectivity index (χ1v) is 7.54. The summed E-state index contributed by atoms with van der Waals surface area (Å²) >= 11 is 0. The summed E-state index contributed by atoms with van der Waals surface area (Å²) in [6.07, 6.45) is 5.54. The second kappa shape index (κ2) is 7.51.